The van der Waals surface area contributed by atoms with Gasteiger partial charge in [0.1, 0.15) is 24.3 Å². The Labute approximate surface area is 247 Å². The average Bonchev–Trinajstić information content (AvgIpc) is 3.75. The highest BCUT2D eigenvalue weighted by molar-refractivity contribution is 6.01. The number of hydrogen-bond donors (Lipinski definition) is 2. The maximum absolute atomic E-state index is 15.2. The Bertz CT molecular complexity index is 1400. The van der Waals surface area contributed by atoms with Gasteiger partial charge in [-0.05, 0) is 48.6 Å². The fourth-order valence-electron chi connectivity index (χ4n) is 7.93. The molecule has 9 atom stereocenters. The van der Waals surface area contributed by atoms with Gasteiger partial charge in [-0.1, -0.05) is 13.8 Å². The van der Waals surface area contributed by atoms with E-state index < -0.39 is 77.6 Å². The van der Waals surface area contributed by atoms with Crippen LogP contribution in [0.5, 0.6) is 5.75 Å². The topological polar surface area (TPSA) is 154 Å². The van der Waals surface area contributed by atoms with Gasteiger partial charge in [-0.2, -0.15) is 5.26 Å². The molecular weight excluding hydrogens is 566 g/mol. The molecule has 14 heteroatoms. The van der Waals surface area contributed by atoms with Crippen LogP contribution in [0.1, 0.15) is 33.1 Å². The zero-order valence-corrected chi connectivity index (χ0v) is 24.1. The Balaban J connectivity index is 1.35. The summed E-state index contributed by atoms with van der Waals surface area (Å²) in [7, 11) is 1.12. The molecule has 2 N–H and O–H groups in total. The molecule has 1 aromatic rings. The number of carbonyl (C=O) groups is 4. The van der Waals surface area contributed by atoms with E-state index in [1.807, 2.05) is 0 Å². The number of likely N-dealkylation sites (tertiary alicyclic amines) is 2. The largest absolute Gasteiger partial charge is 0.472 e. The number of aromatic nitrogens is 1. The number of hydrogen-bond acceptors (Lipinski definition) is 8. The van der Waals surface area contributed by atoms with Crippen LogP contribution < -0.4 is 15.4 Å². The molecule has 12 nitrogen and oxygen atoms in total. The van der Waals surface area contributed by atoms with Crippen molar-refractivity contribution in [3.8, 4) is 11.8 Å². The first-order chi connectivity index (χ1) is 20.4. The van der Waals surface area contributed by atoms with Crippen molar-refractivity contribution >= 4 is 29.6 Å². The summed E-state index contributed by atoms with van der Waals surface area (Å²) in [6.45, 7) is 1.84. The van der Waals surface area contributed by atoms with Crippen LogP contribution in [-0.4, -0.2) is 95.4 Å². The first-order valence-corrected chi connectivity index (χ1v) is 14.4. The molecule has 0 radical (unpaired) electrons. The third-order valence-corrected chi connectivity index (χ3v) is 10.1. The lowest BCUT2D eigenvalue weighted by molar-refractivity contribution is -0.149. The maximum Gasteiger partial charge on any atom is 0.407 e. The van der Waals surface area contributed by atoms with Gasteiger partial charge in [0.05, 0.1) is 26.4 Å². The quantitative estimate of drug-likeness (QED) is 0.519. The highest BCUT2D eigenvalue weighted by Crippen LogP contribution is 2.59. The molecule has 9 unspecified atom stereocenters. The summed E-state index contributed by atoms with van der Waals surface area (Å²) < 4.78 is 40.1. The molecule has 4 amide bonds. The van der Waals surface area contributed by atoms with Crippen molar-refractivity contribution in [2.24, 2.45) is 29.1 Å². The van der Waals surface area contributed by atoms with E-state index in [1.165, 1.54) is 29.8 Å². The molecular formula is C29H34F2N6O6. The predicted octanol–water partition coefficient (Wildman–Crippen LogP) is 1.82. The molecule has 1 aromatic heterocycles. The number of alkyl carbamates (subject to hydrolysis) is 1. The van der Waals surface area contributed by atoms with Crippen LogP contribution in [0.2, 0.25) is 0 Å². The van der Waals surface area contributed by atoms with Crippen LogP contribution in [0.15, 0.2) is 18.3 Å². The van der Waals surface area contributed by atoms with Crippen molar-refractivity contribution in [3.63, 3.8) is 0 Å². The molecule has 3 aliphatic heterocycles. The second-order valence-corrected chi connectivity index (χ2v) is 13.0. The predicted molar refractivity (Wildman–Crippen MR) is 145 cm³/mol. The van der Waals surface area contributed by atoms with Crippen LogP contribution in [-0.2, 0) is 19.1 Å². The Kier molecular flexibility index (Phi) is 6.97. The molecule has 2 saturated heterocycles. The number of pyridine rings is 1. The van der Waals surface area contributed by atoms with Crippen molar-refractivity contribution in [2.75, 3.05) is 32.2 Å². The first-order valence-electron chi connectivity index (χ1n) is 14.4. The molecule has 4 heterocycles. The molecule has 2 bridgehead atoms. The van der Waals surface area contributed by atoms with E-state index in [4.69, 9.17) is 4.74 Å². The van der Waals surface area contributed by atoms with Crippen LogP contribution in [0.3, 0.4) is 0 Å². The molecule has 230 valence electrons. The SMILES string of the molecule is COC(=O)NC(C(=O)N1CC2C3CC(F)C(C3)C2C1C(=O)N1CC2(CC1C#N)Oc1cccnc1NC2=O)C(C)(C)CF. The lowest BCUT2D eigenvalue weighted by Crippen LogP contribution is -2.61. The van der Waals surface area contributed by atoms with E-state index in [9.17, 15) is 28.8 Å². The van der Waals surface area contributed by atoms with Gasteiger partial charge in [0.15, 0.2) is 11.6 Å². The summed E-state index contributed by atoms with van der Waals surface area (Å²) in [5, 5.41) is 15.2. The lowest BCUT2D eigenvalue weighted by Gasteiger charge is -2.39. The molecule has 2 aliphatic carbocycles. The number of fused-ring (bicyclic) bond motifs is 6. The van der Waals surface area contributed by atoms with Gasteiger partial charge in [0.25, 0.3) is 5.91 Å². The molecule has 0 aromatic carbocycles. The fourth-order valence-corrected chi connectivity index (χ4v) is 7.93. The van der Waals surface area contributed by atoms with E-state index in [0.717, 1.165) is 7.11 Å². The Hall–Kier alpha value is -4.02. The Morgan fingerprint density at radius 1 is 1.33 bits per heavy atom. The number of nitriles is 1. The van der Waals surface area contributed by atoms with Crippen molar-refractivity contribution in [1.82, 2.24) is 20.1 Å². The number of carbonyl (C=O) groups excluding carboxylic acids is 4. The minimum Gasteiger partial charge on any atom is -0.472 e. The average molecular weight is 601 g/mol. The second kappa shape index (κ2) is 10.3. The van der Waals surface area contributed by atoms with Gasteiger partial charge in [0, 0.05) is 24.6 Å². The minimum absolute atomic E-state index is 0.0348. The van der Waals surface area contributed by atoms with E-state index in [2.05, 4.69) is 26.4 Å². The number of anilines is 1. The second-order valence-electron chi connectivity index (χ2n) is 13.0. The number of halogens is 2. The van der Waals surface area contributed by atoms with Gasteiger partial charge in [-0.3, -0.25) is 18.8 Å². The maximum atomic E-state index is 15.2. The summed E-state index contributed by atoms with van der Waals surface area (Å²) in [6.07, 6.45) is 0.213. The Morgan fingerprint density at radius 2 is 2.09 bits per heavy atom. The zero-order valence-electron chi connectivity index (χ0n) is 24.1. The number of alkyl halides is 2. The van der Waals surface area contributed by atoms with E-state index >= 15 is 4.39 Å². The molecule has 43 heavy (non-hydrogen) atoms. The van der Waals surface area contributed by atoms with Crippen LogP contribution in [0.4, 0.5) is 19.4 Å². The van der Waals surface area contributed by atoms with E-state index in [1.54, 1.807) is 12.1 Å². The van der Waals surface area contributed by atoms with E-state index in [-0.39, 0.29) is 37.2 Å². The number of rotatable bonds is 5. The number of methoxy groups -OCH3 is 1. The summed E-state index contributed by atoms with van der Waals surface area (Å²) in [6, 6.07) is 1.73. The molecule has 5 aliphatic rings. The van der Waals surface area contributed by atoms with Crippen LogP contribution in [0, 0.1) is 40.4 Å². The van der Waals surface area contributed by atoms with Crippen molar-refractivity contribution < 1.29 is 37.4 Å². The van der Waals surface area contributed by atoms with Gasteiger partial charge >= 0.3 is 6.09 Å². The minimum atomic E-state index is -1.57. The van der Waals surface area contributed by atoms with Crippen molar-refractivity contribution in [2.45, 2.75) is 63.0 Å². The van der Waals surface area contributed by atoms with Gasteiger partial charge < -0.3 is 29.9 Å². The molecule has 2 saturated carbocycles. The van der Waals surface area contributed by atoms with Crippen molar-refractivity contribution in [3.05, 3.63) is 18.3 Å². The summed E-state index contributed by atoms with van der Waals surface area (Å²) in [5.74, 6) is -2.53. The lowest BCUT2D eigenvalue weighted by atomic mass is 9.77. The Morgan fingerprint density at radius 3 is 2.79 bits per heavy atom. The zero-order chi connectivity index (χ0) is 30.8. The molecule has 6 rings (SSSR count). The molecule has 1 spiro atoms. The summed E-state index contributed by atoms with van der Waals surface area (Å²) in [5.41, 5.74) is -2.93. The smallest absolute Gasteiger partial charge is 0.407 e. The number of amides is 4. The summed E-state index contributed by atoms with van der Waals surface area (Å²) >= 11 is 0. The highest BCUT2D eigenvalue weighted by atomic mass is 19.1. The number of nitrogens with one attached hydrogen (secondary N) is 2. The highest BCUT2D eigenvalue weighted by Gasteiger charge is 2.65. The van der Waals surface area contributed by atoms with Gasteiger partial charge in [-0.15, -0.1) is 0 Å². The van der Waals surface area contributed by atoms with Crippen molar-refractivity contribution in [1.29, 1.82) is 5.26 Å². The normalized spacial score (nSPS) is 34.6. The van der Waals surface area contributed by atoms with Crippen LogP contribution >= 0.6 is 0 Å². The standard InChI is InChI=1S/C29H34F2N6O6/c1-28(2,12-30)22(34-27(41)42-3)25(39)36-11-17-14-7-16(18(31)8-14)20(17)21(36)24(38)37-13-29(9-15(37)10-32)26(40)35-23-19(43-29)5-4-6-33-23/h4-6,14-18,20-22H,7-9,11-13H2,1-3H3,(H,34,41)(H,33,35,40). The molecule has 4 fully saturated rings. The van der Waals surface area contributed by atoms with Gasteiger partial charge in [-0.25, -0.2) is 14.2 Å². The number of nitrogens with zero attached hydrogens (tertiary/aromatic N) is 4. The fraction of sp³-hybridized carbons (Fsp3) is 0.655. The number of ether oxygens (including phenoxy) is 2. The monoisotopic (exact) mass is 600 g/mol. The summed E-state index contributed by atoms with van der Waals surface area (Å²) in [4.78, 5) is 60.9. The van der Waals surface area contributed by atoms with Crippen LogP contribution in [0.25, 0.3) is 0 Å². The third kappa shape index (κ3) is 4.46. The first kappa shape index (κ1) is 29.1. The van der Waals surface area contributed by atoms with Gasteiger partial charge in [0.2, 0.25) is 17.4 Å². The van der Waals surface area contributed by atoms with E-state index in [0.29, 0.717) is 18.6 Å². The third-order valence-electron chi connectivity index (χ3n) is 10.1.